The van der Waals surface area contributed by atoms with Crippen LogP contribution in [0, 0.1) is 0 Å². The van der Waals surface area contributed by atoms with Crippen LogP contribution in [0.1, 0.15) is 17.8 Å². The molecule has 1 aromatic heterocycles. The number of aromatic amines is 1. The first-order valence-electron chi connectivity index (χ1n) is 7.22. The number of aryl methyl sites for hydroxylation is 1. The van der Waals surface area contributed by atoms with Crippen molar-refractivity contribution in [2.24, 2.45) is 5.10 Å². The number of carbonyl (C=O) groups excluding carboxylic acids is 1. The van der Waals surface area contributed by atoms with Crippen LogP contribution in [0.5, 0.6) is 0 Å². The van der Waals surface area contributed by atoms with Crippen LogP contribution < -0.4 is 5.43 Å². The van der Waals surface area contributed by atoms with E-state index in [9.17, 15) is 4.79 Å². The number of imidazole rings is 1. The van der Waals surface area contributed by atoms with Gasteiger partial charge in [0.1, 0.15) is 5.82 Å². The Morgan fingerprint density at radius 3 is 2.96 bits per heavy atom. The summed E-state index contributed by atoms with van der Waals surface area (Å²) in [5.41, 5.74) is 5.21. The third kappa shape index (κ3) is 4.17. The van der Waals surface area contributed by atoms with E-state index in [-0.39, 0.29) is 5.91 Å². The lowest BCUT2D eigenvalue weighted by Crippen LogP contribution is -2.18. The molecule has 0 spiro atoms. The quantitative estimate of drug-likeness (QED) is 0.558. The normalized spacial score (nSPS) is 11.2. The molecule has 0 aliphatic heterocycles. The maximum atomic E-state index is 11.8. The Morgan fingerprint density at radius 2 is 2.13 bits per heavy atom. The van der Waals surface area contributed by atoms with Gasteiger partial charge in [0, 0.05) is 17.9 Å². The molecule has 0 saturated heterocycles. The number of para-hydroxylation sites is 2. The molecule has 6 heteroatoms. The molecule has 3 rings (SSSR count). The predicted octanol–water partition coefficient (Wildman–Crippen LogP) is 3.30. The number of benzene rings is 2. The number of hydrazone groups is 1. The Morgan fingerprint density at radius 1 is 1.26 bits per heavy atom. The van der Waals surface area contributed by atoms with Crippen molar-refractivity contribution in [1.82, 2.24) is 15.4 Å². The molecule has 0 unspecified atom stereocenters. The minimum atomic E-state index is -0.163. The molecule has 0 aliphatic carbocycles. The summed E-state index contributed by atoms with van der Waals surface area (Å²) in [4.78, 5) is 19.4. The number of carbonyl (C=O) groups is 1. The Bertz CT molecular complexity index is 823. The number of rotatable bonds is 5. The second-order valence-corrected chi connectivity index (χ2v) is 5.49. The van der Waals surface area contributed by atoms with Gasteiger partial charge in [0.15, 0.2) is 0 Å². The highest BCUT2D eigenvalue weighted by Crippen LogP contribution is 2.11. The number of amides is 1. The highest BCUT2D eigenvalue weighted by atomic mass is 35.5. The largest absolute Gasteiger partial charge is 0.342 e. The molecule has 5 nitrogen and oxygen atoms in total. The topological polar surface area (TPSA) is 70.1 Å². The minimum Gasteiger partial charge on any atom is -0.342 e. The van der Waals surface area contributed by atoms with Crippen LogP contribution in [0.25, 0.3) is 11.0 Å². The molecule has 0 radical (unpaired) electrons. The standard InChI is InChI=1S/C17H15ClN4O/c18-13-5-3-4-12(10-13)11-19-22-17(23)9-8-16-20-14-6-1-2-7-15(14)21-16/h1-7,10-11H,8-9H2,(H,20,21)(H,22,23)/b19-11-. The summed E-state index contributed by atoms with van der Waals surface area (Å²) in [6.07, 6.45) is 2.41. The number of halogens is 1. The zero-order valence-electron chi connectivity index (χ0n) is 12.3. The molecule has 3 aromatic rings. The summed E-state index contributed by atoms with van der Waals surface area (Å²) in [5, 5.41) is 4.55. The van der Waals surface area contributed by atoms with Gasteiger partial charge in [-0.1, -0.05) is 35.9 Å². The summed E-state index contributed by atoms with van der Waals surface area (Å²) < 4.78 is 0. The third-order valence-corrected chi connectivity index (χ3v) is 3.51. The average Bonchev–Trinajstić information content (AvgIpc) is 2.96. The lowest BCUT2D eigenvalue weighted by Gasteiger charge is -1.98. The maximum absolute atomic E-state index is 11.8. The van der Waals surface area contributed by atoms with Crippen molar-refractivity contribution in [3.8, 4) is 0 Å². The minimum absolute atomic E-state index is 0.163. The second-order valence-electron chi connectivity index (χ2n) is 5.05. The Balaban J connectivity index is 1.51. The summed E-state index contributed by atoms with van der Waals surface area (Å²) >= 11 is 5.88. The van der Waals surface area contributed by atoms with Gasteiger partial charge >= 0.3 is 0 Å². The molecule has 23 heavy (non-hydrogen) atoms. The Hall–Kier alpha value is -2.66. The molecule has 1 amide bonds. The number of hydrogen-bond donors (Lipinski definition) is 2. The van der Waals surface area contributed by atoms with Gasteiger partial charge in [-0.15, -0.1) is 0 Å². The van der Waals surface area contributed by atoms with E-state index < -0.39 is 0 Å². The molecular formula is C17H15ClN4O. The van der Waals surface area contributed by atoms with E-state index in [1.54, 1.807) is 18.3 Å². The van der Waals surface area contributed by atoms with Gasteiger partial charge in [-0.3, -0.25) is 4.79 Å². The molecule has 0 atom stereocenters. The molecule has 1 heterocycles. The number of H-pyrrole nitrogens is 1. The lowest BCUT2D eigenvalue weighted by atomic mass is 10.2. The zero-order valence-corrected chi connectivity index (χ0v) is 13.0. The molecule has 0 aliphatic rings. The van der Waals surface area contributed by atoms with Crippen LogP contribution in [-0.2, 0) is 11.2 Å². The van der Waals surface area contributed by atoms with E-state index in [0.717, 1.165) is 22.4 Å². The van der Waals surface area contributed by atoms with Crippen LogP contribution in [0.4, 0.5) is 0 Å². The van der Waals surface area contributed by atoms with Crippen LogP contribution >= 0.6 is 11.6 Å². The fourth-order valence-corrected chi connectivity index (χ4v) is 2.38. The van der Waals surface area contributed by atoms with Crippen molar-refractivity contribution in [3.05, 3.63) is 64.9 Å². The summed E-state index contributed by atoms with van der Waals surface area (Å²) in [6.45, 7) is 0. The van der Waals surface area contributed by atoms with Crippen LogP contribution in [0.15, 0.2) is 53.6 Å². The van der Waals surface area contributed by atoms with Gasteiger partial charge < -0.3 is 4.98 Å². The van der Waals surface area contributed by atoms with Gasteiger partial charge in [0.25, 0.3) is 0 Å². The number of aromatic nitrogens is 2. The molecule has 2 N–H and O–H groups in total. The zero-order chi connectivity index (χ0) is 16.1. The van der Waals surface area contributed by atoms with Crippen molar-refractivity contribution in [1.29, 1.82) is 0 Å². The summed E-state index contributed by atoms with van der Waals surface area (Å²) in [5.74, 6) is 0.629. The van der Waals surface area contributed by atoms with Crippen molar-refractivity contribution >= 4 is 34.8 Å². The Kier molecular flexibility index (Phi) is 4.68. The predicted molar refractivity (Wildman–Crippen MR) is 91.6 cm³/mol. The van der Waals surface area contributed by atoms with Crippen LogP contribution in [-0.4, -0.2) is 22.1 Å². The highest BCUT2D eigenvalue weighted by Gasteiger charge is 2.05. The van der Waals surface area contributed by atoms with E-state index in [4.69, 9.17) is 11.6 Å². The smallest absolute Gasteiger partial charge is 0.240 e. The highest BCUT2D eigenvalue weighted by molar-refractivity contribution is 6.30. The summed E-state index contributed by atoms with van der Waals surface area (Å²) in [6, 6.07) is 15.0. The lowest BCUT2D eigenvalue weighted by molar-refractivity contribution is -0.121. The molecule has 0 bridgehead atoms. The van der Waals surface area contributed by atoms with E-state index in [2.05, 4.69) is 20.5 Å². The van der Waals surface area contributed by atoms with Gasteiger partial charge in [-0.2, -0.15) is 5.10 Å². The molecular weight excluding hydrogens is 312 g/mol. The van der Waals surface area contributed by atoms with Crippen molar-refractivity contribution in [2.75, 3.05) is 0 Å². The van der Waals surface area contributed by atoms with Crippen molar-refractivity contribution in [3.63, 3.8) is 0 Å². The monoisotopic (exact) mass is 326 g/mol. The number of nitrogens with zero attached hydrogens (tertiary/aromatic N) is 2. The molecule has 2 aromatic carbocycles. The van der Waals surface area contributed by atoms with E-state index in [1.807, 2.05) is 36.4 Å². The number of fused-ring (bicyclic) bond motifs is 1. The molecule has 116 valence electrons. The second kappa shape index (κ2) is 7.07. The molecule has 0 fully saturated rings. The van der Waals surface area contributed by atoms with Crippen molar-refractivity contribution < 1.29 is 4.79 Å². The van der Waals surface area contributed by atoms with Gasteiger partial charge in [-0.25, -0.2) is 10.4 Å². The van der Waals surface area contributed by atoms with Crippen molar-refractivity contribution in [2.45, 2.75) is 12.8 Å². The van der Waals surface area contributed by atoms with Crippen LogP contribution in [0.3, 0.4) is 0 Å². The Labute approximate surface area is 138 Å². The first-order valence-corrected chi connectivity index (χ1v) is 7.59. The average molecular weight is 327 g/mol. The van der Waals surface area contributed by atoms with Gasteiger partial charge in [0.05, 0.1) is 17.2 Å². The molecule has 0 saturated carbocycles. The van der Waals surface area contributed by atoms with Crippen LogP contribution in [0.2, 0.25) is 5.02 Å². The summed E-state index contributed by atoms with van der Waals surface area (Å²) in [7, 11) is 0. The van der Waals surface area contributed by atoms with E-state index in [1.165, 1.54) is 0 Å². The fraction of sp³-hybridized carbons (Fsp3) is 0.118. The maximum Gasteiger partial charge on any atom is 0.240 e. The van der Waals surface area contributed by atoms with E-state index >= 15 is 0 Å². The van der Waals surface area contributed by atoms with E-state index in [0.29, 0.717) is 17.9 Å². The fourth-order valence-electron chi connectivity index (χ4n) is 2.18. The van der Waals surface area contributed by atoms with Gasteiger partial charge in [-0.05, 0) is 29.8 Å². The first-order chi connectivity index (χ1) is 11.2. The van der Waals surface area contributed by atoms with Gasteiger partial charge in [0.2, 0.25) is 5.91 Å². The number of nitrogens with one attached hydrogen (secondary N) is 2. The third-order valence-electron chi connectivity index (χ3n) is 3.28. The number of hydrogen-bond acceptors (Lipinski definition) is 3. The SMILES string of the molecule is O=C(CCc1nc2ccccc2[nH]1)N/N=C\c1cccc(Cl)c1. The first kappa shape index (κ1) is 15.2.